The molecule has 0 fully saturated rings. The summed E-state index contributed by atoms with van der Waals surface area (Å²) < 4.78 is 25.8. The van der Waals surface area contributed by atoms with Gasteiger partial charge >= 0.3 is 0 Å². The minimum atomic E-state index is -3.26. The molecule has 0 saturated carbocycles. The smallest absolute Gasteiger partial charge is 0.212 e. The second kappa shape index (κ2) is 6.53. The fraction of sp³-hybridized carbons (Fsp3) is 0.462. The van der Waals surface area contributed by atoms with Crippen molar-refractivity contribution in [2.75, 3.05) is 13.1 Å². The van der Waals surface area contributed by atoms with Gasteiger partial charge in [-0.15, -0.1) is 0 Å². The van der Waals surface area contributed by atoms with Gasteiger partial charge in [0.05, 0.1) is 17.4 Å². The van der Waals surface area contributed by atoms with Crippen molar-refractivity contribution in [2.45, 2.75) is 26.0 Å². The molecule has 0 atom stereocenters. The molecular formula is C13H18N2O2S. The van der Waals surface area contributed by atoms with Crippen LogP contribution in [-0.4, -0.2) is 25.8 Å². The first-order chi connectivity index (χ1) is 8.53. The molecule has 1 aromatic rings. The minimum Gasteiger partial charge on any atom is -0.212 e. The SMILES string of the molecule is CCCN(CC)S(=O)(=O)Cc1ccc(C#N)cc1. The maximum absolute atomic E-state index is 12.1. The molecule has 1 aromatic carbocycles. The van der Waals surface area contributed by atoms with E-state index in [1.54, 1.807) is 24.3 Å². The van der Waals surface area contributed by atoms with E-state index < -0.39 is 10.0 Å². The highest BCUT2D eigenvalue weighted by Crippen LogP contribution is 2.12. The summed E-state index contributed by atoms with van der Waals surface area (Å²) >= 11 is 0. The fourth-order valence-electron chi connectivity index (χ4n) is 1.72. The van der Waals surface area contributed by atoms with Crippen LogP contribution in [0.4, 0.5) is 0 Å². The zero-order chi connectivity index (χ0) is 13.6. The highest BCUT2D eigenvalue weighted by molar-refractivity contribution is 7.88. The van der Waals surface area contributed by atoms with Gasteiger partial charge in [-0.1, -0.05) is 26.0 Å². The first-order valence-corrected chi connectivity index (χ1v) is 7.61. The number of hydrogen-bond acceptors (Lipinski definition) is 3. The van der Waals surface area contributed by atoms with Gasteiger partial charge in [-0.25, -0.2) is 12.7 Å². The predicted molar refractivity (Wildman–Crippen MR) is 71.3 cm³/mol. The highest BCUT2D eigenvalue weighted by Gasteiger charge is 2.19. The lowest BCUT2D eigenvalue weighted by atomic mass is 10.2. The molecule has 4 nitrogen and oxygen atoms in total. The van der Waals surface area contributed by atoms with E-state index in [9.17, 15) is 8.42 Å². The maximum atomic E-state index is 12.1. The molecule has 0 bridgehead atoms. The average molecular weight is 266 g/mol. The zero-order valence-corrected chi connectivity index (χ0v) is 11.6. The molecule has 1 rings (SSSR count). The lowest BCUT2D eigenvalue weighted by Gasteiger charge is -2.19. The van der Waals surface area contributed by atoms with Crippen molar-refractivity contribution < 1.29 is 8.42 Å². The molecule has 0 saturated heterocycles. The molecule has 0 heterocycles. The van der Waals surface area contributed by atoms with Crippen molar-refractivity contribution in [3.05, 3.63) is 35.4 Å². The van der Waals surface area contributed by atoms with E-state index in [0.29, 0.717) is 24.2 Å². The van der Waals surface area contributed by atoms with Crippen LogP contribution < -0.4 is 0 Å². The molecule has 0 spiro atoms. The summed E-state index contributed by atoms with van der Waals surface area (Å²) in [6, 6.07) is 8.67. The first-order valence-electron chi connectivity index (χ1n) is 6.00. The Morgan fingerprint density at radius 1 is 1.22 bits per heavy atom. The van der Waals surface area contributed by atoms with Crippen molar-refractivity contribution in [1.82, 2.24) is 4.31 Å². The van der Waals surface area contributed by atoms with E-state index in [0.717, 1.165) is 6.42 Å². The summed E-state index contributed by atoms with van der Waals surface area (Å²) in [7, 11) is -3.26. The Hall–Kier alpha value is -1.38. The number of nitriles is 1. The van der Waals surface area contributed by atoms with Crippen LogP contribution in [0.15, 0.2) is 24.3 Å². The number of sulfonamides is 1. The van der Waals surface area contributed by atoms with Gasteiger partial charge < -0.3 is 0 Å². The van der Waals surface area contributed by atoms with Gasteiger partial charge in [0.2, 0.25) is 10.0 Å². The summed E-state index contributed by atoms with van der Waals surface area (Å²) in [4.78, 5) is 0. The number of rotatable bonds is 6. The van der Waals surface area contributed by atoms with E-state index >= 15 is 0 Å². The molecule has 0 aromatic heterocycles. The largest absolute Gasteiger partial charge is 0.218 e. The van der Waals surface area contributed by atoms with E-state index in [1.165, 1.54) is 4.31 Å². The van der Waals surface area contributed by atoms with Crippen LogP contribution in [0.5, 0.6) is 0 Å². The van der Waals surface area contributed by atoms with Gasteiger partial charge in [-0.3, -0.25) is 0 Å². The Morgan fingerprint density at radius 3 is 2.28 bits per heavy atom. The molecule has 0 amide bonds. The molecule has 18 heavy (non-hydrogen) atoms. The molecule has 0 unspecified atom stereocenters. The summed E-state index contributed by atoms with van der Waals surface area (Å²) in [5, 5.41) is 8.68. The number of nitrogens with zero attached hydrogens (tertiary/aromatic N) is 2. The standard InChI is InChI=1S/C13H18N2O2S/c1-3-9-15(4-2)18(16,17)11-13-7-5-12(10-14)6-8-13/h5-8H,3-4,9,11H2,1-2H3. The number of hydrogen-bond donors (Lipinski definition) is 0. The van der Waals surface area contributed by atoms with Gasteiger partial charge in [0.1, 0.15) is 0 Å². The van der Waals surface area contributed by atoms with Gasteiger partial charge in [-0.2, -0.15) is 5.26 Å². The highest BCUT2D eigenvalue weighted by atomic mass is 32.2. The summed E-state index contributed by atoms with van der Waals surface area (Å²) in [6.07, 6.45) is 0.806. The molecule has 5 heteroatoms. The number of benzene rings is 1. The van der Waals surface area contributed by atoms with Crippen LogP contribution in [0, 0.1) is 11.3 Å². The van der Waals surface area contributed by atoms with Crippen LogP contribution in [0.1, 0.15) is 31.4 Å². The van der Waals surface area contributed by atoms with Crippen LogP contribution in [0.25, 0.3) is 0 Å². The Morgan fingerprint density at radius 2 is 1.83 bits per heavy atom. The van der Waals surface area contributed by atoms with E-state index in [2.05, 4.69) is 0 Å². The van der Waals surface area contributed by atoms with Crippen LogP contribution >= 0.6 is 0 Å². The first kappa shape index (κ1) is 14.7. The van der Waals surface area contributed by atoms with E-state index in [4.69, 9.17) is 5.26 Å². The minimum absolute atomic E-state index is 0.00739. The molecule has 0 N–H and O–H groups in total. The molecule has 0 radical (unpaired) electrons. The Kier molecular flexibility index (Phi) is 5.32. The van der Waals surface area contributed by atoms with Crippen molar-refractivity contribution >= 4 is 10.0 Å². The van der Waals surface area contributed by atoms with Crippen molar-refractivity contribution in [1.29, 1.82) is 5.26 Å². The second-order valence-electron chi connectivity index (χ2n) is 4.06. The molecule has 98 valence electrons. The third kappa shape index (κ3) is 3.83. The van der Waals surface area contributed by atoms with Crippen molar-refractivity contribution in [2.24, 2.45) is 0 Å². The zero-order valence-electron chi connectivity index (χ0n) is 10.8. The molecule has 0 aliphatic carbocycles. The van der Waals surface area contributed by atoms with E-state index in [-0.39, 0.29) is 5.75 Å². The Bertz CT molecular complexity index is 515. The van der Waals surface area contributed by atoms with Gasteiger partial charge in [-0.05, 0) is 24.1 Å². The van der Waals surface area contributed by atoms with Gasteiger partial charge in [0.15, 0.2) is 0 Å². The van der Waals surface area contributed by atoms with Gasteiger partial charge in [0, 0.05) is 13.1 Å². The van der Waals surface area contributed by atoms with E-state index in [1.807, 2.05) is 19.9 Å². The molecular weight excluding hydrogens is 248 g/mol. The summed E-state index contributed by atoms with van der Waals surface area (Å²) in [5.74, 6) is -0.00739. The summed E-state index contributed by atoms with van der Waals surface area (Å²) in [6.45, 7) is 4.84. The van der Waals surface area contributed by atoms with Crippen LogP contribution in [-0.2, 0) is 15.8 Å². The van der Waals surface area contributed by atoms with Crippen LogP contribution in [0.3, 0.4) is 0 Å². The van der Waals surface area contributed by atoms with Crippen molar-refractivity contribution in [3.63, 3.8) is 0 Å². The average Bonchev–Trinajstić information content (AvgIpc) is 2.36. The van der Waals surface area contributed by atoms with Gasteiger partial charge in [0.25, 0.3) is 0 Å². The topological polar surface area (TPSA) is 61.2 Å². The fourth-order valence-corrected chi connectivity index (χ4v) is 3.37. The van der Waals surface area contributed by atoms with Crippen molar-refractivity contribution in [3.8, 4) is 6.07 Å². The van der Waals surface area contributed by atoms with Crippen LogP contribution in [0.2, 0.25) is 0 Å². The lowest BCUT2D eigenvalue weighted by Crippen LogP contribution is -2.32. The maximum Gasteiger partial charge on any atom is 0.218 e. The Labute approximate surface area is 109 Å². The Balaban J connectivity index is 2.84. The normalized spacial score (nSPS) is 11.4. The quantitative estimate of drug-likeness (QED) is 0.792. The predicted octanol–water partition coefficient (Wildman–Crippen LogP) is 2.12. The third-order valence-corrected chi connectivity index (χ3v) is 4.58. The third-order valence-electron chi connectivity index (χ3n) is 2.65. The molecule has 0 aliphatic heterocycles. The second-order valence-corrected chi connectivity index (χ2v) is 6.03. The monoisotopic (exact) mass is 266 g/mol. The lowest BCUT2D eigenvalue weighted by molar-refractivity contribution is 0.426. The molecule has 0 aliphatic rings. The summed E-state index contributed by atoms with van der Waals surface area (Å²) in [5.41, 5.74) is 1.25.